The molecular formula is C14H19N3. The summed E-state index contributed by atoms with van der Waals surface area (Å²) in [7, 11) is 0. The van der Waals surface area contributed by atoms with Crippen molar-refractivity contribution in [1.29, 1.82) is 0 Å². The van der Waals surface area contributed by atoms with Gasteiger partial charge >= 0.3 is 0 Å². The molecule has 2 aromatic rings. The summed E-state index contributed by atoms with van der Waals surface area (Å²) in [4.78, 5) is 8.06. The first kappa shape index (κ1) is 10.8. The Balaban J connectivity index is 1.92. The number of aromatic amines is 1. The Morgan fingerprint density at radius 1 is 1.35 bits per heavy atom. The van der Waals surface area contributed by atoms with Crippen LogP contribution in [0.4, 0.5) is 0 Å². The van der Waals surface area contributed by atoms with Crippen LogP contribution in [-0.4, -0.2) is 23.1 Å². The third-order valence-corrected chi connectivity index (χ3v) is 3.41. The van der Waals surface area contributed by atoms with Crippen LogP contribution in [0, 0.1) is 5.92 Å². The second-order valence-corrected chi connectivity index (χ2v) is 5.41. The van der Waals surface area contributed by atoms with E-state index < -0.39 is 0 Å². The van der Waals surface area contributed by atoms with Crippen LogP contribution in [0.3, 0.4) is 0 Å². The van der Waals surface area contributed by atoms with E-state index in [-0.39, 0.29) is 0 Å². The zero-order chi connectivity index (χ0) is 11.8. The molecule has 2 heterocycles. The van der Waals surface area contributed by atoms with Gasteiger partial charge in [-0.15, -0.1) is 0 Å². The number of nitrogens with zero attached hydrogens (tertiary/aromatic N) is 1. The van der Waals surface area contributed by atoms with Crippen LogP contribution in [0.2, 0.25) is 0 Å². The molecule has 3 nitrogen and oxygen atoms in total. The summed E-state index contributed by atoms with van der Waals surface area (Å²) in [5.74, 6) is 2.45. The van der Waals surface area contributed by atoms with Gasteiger partial charge in [0.1, 0.15) is 5.82 Å². The number of benzene rings is 1. The number of aromatic nitrogens is 2. The standard InChI is InChI=1S/C14H19N3/c1-9(2)5-14-16-12-4-3-10(6-13(12)17-14)11-7-15-8-11/h3-4,6,9,11,15H,5,7-8H2,1-2H3,(H,16,17). The smallest absolute Gasteiger partial charge is 0.107 e. The van der Waals surface area contributed by atoms with Crippen LogP contribution < -0.4 is 5.32 Å². The summed E-state index contributed by atoms with van der Waals surface area (Å²) < 4.78 is 0. The number of hydrogen-bond donors (Lipinski definition) is 2. The molecule has 1 aromatic heterocycles. The van der Waals surface area contributed by atoms with E-state index in [1.54, 1.807) is 0 Å². The molecule has 90 valence electrons. The molecule has 3 heteroatoms. The highest BCUT2D eigenvalue weighted by Gasteiger charge is 2.19. The second kappa shape index (κ2) is 4.15. The van der Waals surface area contributed by atoms with Crippen molar-refractivity contribution < 1.29 is 0 Å². The molecule has 1 fully saturated rings. The van der Waals surface area contributed by atoms with Gasteiger partial charge in [0.05, 0.1) is 11.0 Å². The summed E-state index contributed by atoms with van der Waals surface area (Å²) in [5.41, 5.74) is 3.71. The molecular weight excluding hydrogens is 210 g/mol. The highest BCUT2D eigenvalue weighted by Crippen LogP contribution is 2.23. The molecule has 2 N–H and O–H groups in total. The lowest BCUT2D eigenvalue weighted by molar-refractivity contribution is 0.448. The molecule has 1 aromatic carbocycles. The maximum Gasteiger partial charge on any atom is 0.107 e. The molecule has 0 spiro atoms. The minimum atomic E-state index is 0.644. The van der Waals surface area contributed by atoms with Gasteiger partial charge < -0.3 is 10.3 Å². The monoisotopic (exact) mass is 229 g/mol. The van der Waals surface area contributed by atoms with Gasteiger partial charge in [-0.1, -0.05) is 19.9 Å². The lowest BCUT2D eigenvalue weighted by Gasteiger charge is -2.27. The third-order valence-electron chi connectivity index (χ3n) is 3.41. The van der Waals surface area contributed by atoms with Crippen LogP contribution in [0.25, 0.3) is 11.0 Å². The molecule has 3 rings (SSSR count). The molecule has 1 aliphatic heterocycles. The van der Waals surface area contributed by atoms with Gasteiger partial charge in [0.25, 0.3) is 0 Å². The van der Waals surface area contributed by atoms with Crippen molar-refractivity contribution in [3.63, 3.8) is 0 Å². The Labute approximate surface area is 102 Å². The van der Waals surface area contributed by atoms with Crippen LogP contribution in [0.5, 0.6) is 0 Å². The number of rotatable bonds is 3. The van der Waals surface area contributed by atoms with Crippen molar-refractivity contribution in [1.82, 2.24) is 15.3 Å². The van der Waals surface area contributed by atoms with Crippen molar-refractivity contribution in [2.24, 2.45) is 5.92 Å². The molecule has 0 unspecified atom stereocenters. The maximum absolute atomic E-state index is 4.63. The van der Waals surface area contributed by atoms with Crippen molar-refractivity contribution in [3.8, 4) is 0 Å². The Morgan fingerprint density at radius 3 is 2.82 bits per heavy atom. The topological polar surface area (TPSA) is 40.7 Å². The largest absolute Gasteiger partial charge is 0.342 e. The van der Waals surface area contributed by atoms with Crippen LogP contribution in [-0.2, 0) is 6.42 Å². The van der Waals surface area contributed by atoms with E-state index in [4.69, 9.17) is 0 Å². The summed E-state index contributed by atoms with van der Waals surface area (Å²) in [6, 6.07) is 6.62. The van der Waals surface area contributed by atoms with E-state index in [1.807, 2.05) is 0 Å². The zero-order valence-electron chi connectivity index (χ0n) is 10.5. The summed E-state index contributed by atoms with van der Waals surface area (Å²) in [6.07, 6.45) is 1.02. The van der Waals surface area contributed by atoms with E-state index in [0.29, 0.717) is 11.8 Å². The predicted molar refractivity (Wildman–Crippen MR) is 70.2 cm³/mol. The van der Waals surface area contributed by atoms with Gasteiger partial charge in [-0.2, -0.15) is 0 Å². The Bertz CT molecular complexity index is 523. The number of hydrogen-bond acceptors (Lipinski definition) is 2. The first-order valence-electron chi connectivity index (χ1n) is 6.41. The van der Waals surface area contributed by atoms with Crippen LogP contribution in [0.15, 0.2) is 18.2 Å². The van der Waals surface area contributed by atoms with Gasteiger partial charge in [-0.3, -0.25) is 0 Å². The fourth-order valence-corrected chi connectivity index (χ4v) is 2.34. The minimum Gasteiger partial charge on any atom is -0.342 e. The first-order valence-corrected chi connectivity index (χ1v) is 6.41. The molecule has 0 atom stereocenters. The van der Waals surface area contributed by atoms with Crippen LogP contribution in [0.1, 0.15) is 31.2 Å². The fraction of sp³-hybridized carbons (Fsp3) is 0.500. The van der Waals surface area contributed by atoms with Gasteiger partial charge in [0.2, 0.25) is 0 Å². The lowest BCUT2D eigenvalue weighted by atomic mass is 9.93. The van der Waals surface area contributed by atoms with E-state index in [9.17, 15) is 0 Å². The van der Waals surface area contributed by atoms with E-state index >= 15 is 0 Å². The van der Waals surface area contributed by atoms with Crippen LogP contribution >= 0.6 is 0 Å². The molecule has 0 amide bonds. The fourth-order valence-electron chi connectivity index (χ4n) is 2.34. The van der Waals surface area contributed by atoms with Crippen molar-refractivity contribution in [2.75, 3.05) is 13.1 Å². The Kier molecular flexibility index (Phi) is 2.63. The maximum atomic E-state index is 4.63. The first-order chi connectivity index (χ1) is 8.22. The summed E-state index contributed by atoms with van der Waals surface area (Å²) in [6.45, 7) is 6.66. The zero-order valence-corrected chi connectivity index (χ0v) is 10.5. The molecule has 0 bridgehead atoms. The molecule has 1 saturated heterocycles. The summed E-state index contributed by atoms with van der Waals surface area (Å²) in [5, 5.41) is 3.31. The lowest BCUT2D eigenvalue weighted by Crippen LogP contribution is -2.39. The van der Waals surface area contributed by atoms with Gasteiger partial charge in [0, 0.05) is 25.4 Å². The Hall–Kier alpha value is -1.35. The molecule has 0 aliphatic carbocycles. The average molecular weight is 229 g/mol. The molecule has 1 aliphatic rings. The van der Waals surface area contributed by atoms with Crippen molar-refractivity contribution in [2.45, 2.75) is 26.2 Å². The number of fused-ring (bicyclic) bond motifs is 1. The quantitative estimate of drug-likeness (QED) is 0.848. The molecule has 0 saturated carbocycles. The highest BCUT2D eigenvalue weighted by atomic mass is 14.9. The molecule has 17 heavy (non-hydrogen) atoms. The summed E-state index contributed by atoms with van der Waals surface area (Å²) >= 11 is 0. The second-order valence-electron chi connectivity index (χ2n) is 5.41. The van der Waals surface area contributed by atoms with Gasteiger partial charge in [0.15, 0.2) is 0 Å². The number of imidazole rings is 1. The van der Waals surface area contributed by atoms with Crippen molar-refractivity contribution >= 4 is 11.0 Å². The predicted octanol–water partition coefficient (Wildman–Crippen LogP) is 2.45. The normalized spacial score (nSPS) is 16.6. The minimum absolute atomic E-state index is 0.644. The van der Waals surface area contributed by atoms with E-state index in [1.165, 1.54) is 11.1 Å². The van der Waals surface area contributed by atoms with Gasteiger partial charge in [-0.05, 0) is 23.6 Å². The molecule has 0 radical (unpaired) electrons. The average Bonchev–Trinajstić information content (AvgIpc) is 2.55. The Morgan fingerprint density at radius 2 is 2.18 bits per heavy atom. The van der Waals surface area contributed by atoms with E-state index in [0.717, 1.165) is 30.9 Å². The van der Waals surface area contributed by atoms with Crippen molar-refractivity contribution in [3.05, 3.63) is 29.6 Å². The van der Waals surface area contributed by atoms with Gasteiger partial charge in [-0.25, -0.2) is 4.98 Å². The highest BCUT2D eigenvalue weighted by molar-refractivity contribution is 5.76. The third kappa shape index (κ3) is 2.07. The van der Waals surface area contributed by atoms with E-state index in [2.05, 4.69) is 47.3 Å². The SMILES string of the molecule is CC(C)Cc1nc2ccc(C3CNC3)cc2[nH]1. The number of H-pyrrole nitrogens is 1. The number of nitrogens with one attached hydrogen (secondary N) is 2.